The van der Waals surface area contributed by atoms with Gasteiger partial charge in [-0.15, -0.1) is 24.0 Å². The Morgan fingerprint density at radius 2 is 2.10 bits per heavy atom. The van der Waals surface area contributed by atoms with Crippen molar-refractivity contribution in [3.63, 3.8) is 0 Å². The van der Waals surface area contributed by atoms with Gasteiger partial charge in [0, 0.05) is 25.0 Å². The number of methoxy groups -OCH3 is 1. The van der Waals surface area contributed by atoms with Crippen LogP contribution in [0.25, 0.3) is 0 Å². The molecule has 0 aliphatic heterocycles. The van der Waals surface area contributed by atoms with Crippen LogP contribution in [0.4, 0.5) is 0 Å². The highest BCUT2D eigenvalue weighted by molar-refractivity contribution is 14.0. The molecular weight excluding hydrogens is 377 g/mol. The summed E-state index contributed by atoms with van der Waals surface area (Å²) in [5.74, 6) is 2.20. The second kappa shape index (κ2) is 9.12. The van der Waals surface area contributed by atoms with E-state index in [1.807, 2.05) is 18.2 Å². The number of nitrogens with one attached hydrogen (secondary N) is 2. The van der Waals surface area contributed by atoms with Crippen molar-refractivity contribution in [1.82, 2.24) is 10.6 Å². The molecule has 0 radical (unpaired) electrons. The van der Waals surface area contributed by atoms with Crippen LogP contribution >= 0.6 is 24.0 Å². The summed E-state index contributed by atoms with van der Waals surface area (Å²) in [5.41, 5.74) is 1.21. The van der Waals surface area contributed by atoms with Crippen LogP contribution in [0.5, 0.6) is 5.75 Å². The maximum absolute atomic E-state index is 5.42. The van der Waals surface area contributed by atoms with E-state index < -0.39 is 0 Å². The van der Waals surface area contributed by atoms with Gasteiger partial charge in [-0.3, -0.25) is 4.99 Å². The SMILES string of the molecule is CCNC(=NCC(C)c1ccccc1OC)NC1CC1.I. The van der Waals surface area contributed by atoms with Crippen LogP contribution in [-0.4, -0.2) is 32.2 Å². The topological polar surface area (TPSA) is 45.7 Å². The molecule has 4 nitrogen and oxygen atoms in total. The van der Waals surface area contributed by atoms with Gasteiger partial charge in [0.2, 0.25) is 0 Å². The van der Waals surface area contributed by atoms with E-state index in [4.69, 9.17) is 4.74 Å². The van der Waals surface area contributed by atoms with Crippen molar-refractivity contribution >= 4 is 29.9 Å². The van der Waals surface area contributed by atoms with E-state index in [9.17, 15) is 0 Å². The van der Waals surface area contributed by atoms with Crippen molar-refractivity contribution in [1.29, 1.82) is 0 Å². The summed E-state index contributed by atoms with van der Waals surface area (Å²) in [4.78, 5) is 4.68. The summed E-state index contributed by atoms with van der Waals surface area (Å²) in [5, 5.41) is 6.73. The van der Waals surface area contributed by atoms with Crippen molar-refractivity contribution < 1.29 is 4.74 Å². The highest BCUT2D eigenvalue weighted by Crippen LogP contribution is 2.26. The zero-order valence-corrected chi connectivity index (χ0v) is 15.4. The molecule has 0 heterocycles. The number of guanidine groups is 1. The molecule has 1 aliphatic carbocycles. The van der Waals surface area contributed by atoms with E-state index >= 15 is 0 Å². The lowest BCUT2D eigenvalue weighted by molar-refractivity contribution is 0.407. The maximum atomic E-state index is 5.42. The largest absolute Gasteiger partial charge is 0.496 e. The van der Waals surface area contributed by atoms with Crippen LogP contribution in [0, 0.1) is 0 Å². The van der Waals surface area contributed by atoms with Gasteiger partial charge < -0.3 is 15.4 Å². The highest BCUT2D eigenvalue weighted by atomic mass is 127. The Bertz CT molecular complexity index is 461. The zero-order valence-electron chi connectivity index (χ0n) is 13.1. The Morgan fingerprint density at radius 1 is 1.38 bits per heavy atom. The molecule has 0 spiro atoms. The summed E-state index contributed by atoms with van der Waals surface area (Å²) < 4.78 is 5.42. The number of aliphatic imine (C=N–C) groups is 1. The quantitative estimate of drug-likeness (QED) is 0.436. The van der Waals surface area contributed by atoms with Crippen molar-refractivity contribution in [2.45, 2.75) is 38.6 Å². The van der Waals surface area contributed by atoms with Gasteiger partial charge in [-0.25, -0.2) is 0 Å². The normalized spacial score (nSPS) is 15.9. The third-order valence-corrected chi connectivity index (χ3v) is 3.46. The Kier molecular flexibility index (Phi) is 7.85. The summed E-state index contributed by atoms with van der Waals surface area (Å²) in [6.07, 6.45) is 2.51. The molecule has 1 saturated carbocycles. The lowest BCUT2D eigenvalue weighted by Gasteiger charge is -2.15. The minimum atomic E-state index is 0. The Labute approximate surface area is 144 Å². The first-order chi connectivity index (χ1) is 9.74. The lowest BCUT2D eigenvalue weighted by Crippen LogP contribution is -2.38. The molecule has 1 fully saturated rings. The second-order valence-corrected chi connectivity index (χ2v) is 5.28. The molecule has 1 aromatic carbocycles. The van der Waals surface area contributed by atoms with Crippen molar-refractivity contribution in [3.8, 4) is 5.75 Å². The molecule has 2 rings (SSSR count). The number of rotatable bonds is 6. The Morgan fingerprint density at radius 3 is 2.71 bits per heavy atom. The monoisotopic (exact) mass is 403 g/mol. The van der Waals surface area contributed by atoms with Gasteiger partial charge in [-0.1, -0.05) is 25.1 Å². The summed E-state index contributed by atoms with van der Waals surface area (Å²) >= 11 is 0. The Balaban J connectivity index is 0.00000220. The first kappa shape index (κ1) is 18.1. The summed E-state index contributed by atoms with van der Waals surface area (Å²) in [6, 6.07) is 8.78. The van der Waals surface area contributed by atoms with Gasteiger partial charge in [0.25, 0.3) is 0 Å². The third kappa shape index (κ3) is 5.73. The van der Waals surface area contributed by atoms with E-state index in [1.165, 1.54) is 18.4 Å². The minimum Gasteiger partial charge on any atom is -0.496 e. The number of para-hydroxylation sites is 1. The van der Waals surface area contributed by atoms with Crippen molar-refractivity contribution in [3.05, 3.63) is 29.8 Å². The number of hydrogen-bond acceptors (Lipinski definition) is 2. The first-order valence-electron chi connectivity index (χ1n) is 7.42. The van der Waals surface area contributed by atoms with Crippen LogP contribution in [0.3, 0.4) is 0 Å². The van der Waals surface area contributed by atoms with Crippen LogP contribution < -0.4 is 15.4 Å². The van der Waals surface area contributed by atoms with Gasteiger partial charge in [-0.2, -0.15) is 0 Å². The van der Waals surface area contributed by atoms with E-state index in [-0.39, 0.29) is 24.0 Å². The number of ether oxygens (including phenoxy) is 1. The molecule has 1 aromatic rings. The molecule has 5 heteroatoms. The molecular formula is C16H26IN3O. The number of hydrogen-bond donors (Lipinski definition) is 2. The van der Waals surface area contributed by atoms with Crippen molar-refractivity contribution in [2.75, 3.05) is 20.2 Å². The highest BCUT2D eigenvalue weighted by Gasteiger charge is 2.22. The summed E-state index contributed by atoms with van der Waals surface area (Å²) in [7, 11) is 1.72. The average Bonchev–Trinajstić information content (AvgIpc) is 3.28. The molecule has 0 saturated heterocycles. The van der Waals surface area contributed by atoms with Gasteiger partial charge in [-0.05, 0) is 31.4 Å². The number of halogens is 1. The molecule has 21 heavy (non-hydrogen) atoms. The maximum Gasteiger partial charge on any atom is 0.191 e. The fraction of sp³-hybridized carbons (Fsp3) is 0.562. The molecule has 0 aromatic heterocycles. The predicted octanol–water partition coefficient (Wildman–Crippen LogP) is 3.13. The van der Waals surface area contributed by atoms with E-state index in [0.29, 0.717) is 12.0 Å². The lowest BCUT2D eigenvalue weighted by atomic mass is 10.0. The second-order valence-electron chi connectivity index (χ2n) is 5.28. The molecule has 2 N–H and O–H groups in total. The zero-order chi connectivity index (χ0) is 14.4. The number of benzene rings is 1. The molecule has 0 bridgehead atoms. The van der Waals surface area contributed by atoms with Gasteiger partial charge in [0.1, 0.15) is 5.75 Å². The molecule has 1 atom stereocenters. The van der Waals surface area contributed by atoms with Crippen LogP contribution in [0.1, 0.15) is 38.2 Å². The van der Waals surface area contributed by atoms with Crippen LogP contribution in [-0.2, 0) is 0 Å². The van der Waals surface area contributed by atoms with E-state index in [2.05, 4.69) is 35.5 Å². The number of nitrogens with zero attached hydrogens (tertiary/aromatic N) is 1. The van der Waals surface area contributed by atoms with Gasteiger partial charge in [0.15, 0.2) is 5.96 Å². The minimum absolute atomic E-state index is 0. The standard InChI is InChI=1S/C16H25N3O.HI/c1-4-17-16(19-13-9-10-13)18-11-12(2)14-7-5-6-8-15(14)20-3;/h5-8,12-13H,4,9-11H2,1-3H3,(H2,17,18,19);1H. The van der Waals surface area contributed by atoms with Gasteiger partial charge in [0.05, 0.1) is 7.11 Å². The van der Waals surface area contributed by atoms with E-state index in [1.54, 1.807) is 7.11 Å². The molecule has 0 amide bonds. The molecule has 118 valence electrons. The third-order valence-electron chi connectivity index (χ3n) is 3.46. The van der Waals surface area contributed by atoms with Crippen LogP contribution in [0.15, 0.2) is 29.3 Å². The van der Waals surface area contributed by atoms with Crippen LogP contribution in [0.2, 0.25) is 0 Å². The van der Waals surface area contributed by atoms with Gasteiger partial charge >= 0.3 is 0 Å². The predicted molar refractivity (Wildman–Crippen MR) is 99.0 cm³/mol. The Hall–Kier alpha value is -0.980. The fourth-order valence-corrected chi connectivity index (χ4v) is 2.14. The van der Waals surface area contributed by atoms with Crippen molar-refractivity contribution in [2.24, 2.45) is 4.99 Å². The van der Waals surface area contributed by atoms with E-state index in [0.717, 1.165) is 24.8 Å². The smallest absolute Gasteiger partial charge is 0.191 e. The summed E-state index contributed by atoms with van der Waals surface area (Å²) in [6.45, 7) is 5.92. The first-order valence-corrected chi connectivity index (χ1v) is 7.42. The fourth-order valence-electron chi connectivity index (χ4n) is 2.14. The average molecular weight is 403 g/mol. The molecule has 1 aliphatic rings. The molecule has 1 unspecified atom stereocenters.